The third kappa shape index (κ3) is 6.21. The van der Waals surface area contributed by atoms with Crippen LogP contribution in [0.2, 0.25) is 0 Å². The molecule has 0 aromatic heterocycles. The molecule has 7 heteroatoms. The van der Waals surface area contributed by atoms with Crippen molar-refractivity contribution in [2.24, 2.45) is 0 Å². The van der Waals surface area contributed by atoms with Crippen molar-refractivity contribution in [2.75, 3.05) is 26.4 Å². The van der Waals surface area contributed by atoms with E-state index in [2.05, 4.69) is 5.32 Å². The van der Waals surface area contributed by atoms with E-state index in [1.54, 1.807) is 24.3 Å². The highest BCUT2D eigenvalue weighted by molar-refractivity contribution is 5.98. The third-order valence-electron chi connectivity index (χ3n) is 4.08. The van der Waals surface area contributed by atoms with Crippen LogP contribution in [-0.2, 0) is 14.3 Å². The minimum Gasteiger partial charge on any atom is -0.486 e. The second-order valence-electron chi connectivity index (χ2n) is 6.23. The van der Waals surface area contributed by atoms with Crippen molar-refractivity contribution >= 4 is 23.7 Å². The first-order valence-electron chi connectivity index (χ1n) is 9.21. The molecule has 1 heterocycles. The molecule has 1 amide bonds. The van der Waals surface area contributed by atoms with Crippen LogP contribution >= 0.6 is 0 Å². The summed E-state index contributed by atoms with van der Waals surface area (Å²) >= 11 is 0. The summed E-state index contributed by atoms with van der Waals surface area (Å²) in [6.07, 6.45) is 3.05. The van der Waals surface area contributed by atoms with Crippen molar-refractivity contribution in [2.45, 2.75) is 6.42 Å². The Bertz CT molecular complexity index is 907. The Morgan fingerprint density at radius 2 is 1.76 bits per heavy atom. The highest BCUT2D eigenvalue weighted by Crippen LogP contribution is 2.30. The van der Waals surface area contributed by atoms with Gasteiger partial charge in [-0.1, -0.05) is 30.3 Å². The van der Waals surface area contributed by atoms with Gasteiger partial charge in [0.05, 0.1) is 6.42 Å². The van der Waals surface area contributed by atoms with Gasteiger partial charge in [0.2, 0.25) is 5.91 Å². The topological polar surface area (TPSA) is 90.9 Å². The first kappa shape index (κ1) is 20.1. The lowest BCUT2D eigenvalue weighted by atomic mass is 10.1. The van der Waals surface area contributed by atoms with Crippen LogP contribution in [0, 0.1) is 0 Å². The number of fused-ring (bicyclic) bond motifs is 1. The summed E-state index contributed by atoms with van der Waals surface area (Å²) in [4.78, 5) is 35.7. The molecule has 7 nitrogen and oxygen atoms in total. The smallest absolute Gasteiger partial charge is 0.308 e. The van der Waals surface area contributed by atoms with Crippen LogP contribution < -0.4 is 14.8 Å². The summed E-state index contributed by atoms with van der Waals surface area (Å²) in [5.74, 6) is -0.135. The van der Waals surface area contributed by atoms with E-state index in [0.717, 1.165) is 5.56 Å². The number of ketones is 1. The zero-order valence-corrected chi connectivity index (χ0v) is 15.8. The molecule has 0 atom stereocenters. The monoisotopic (exact) mass is 395 g/mol. The van der Waals surface area contributed by atoms with E-state index >= 15 is 0 Å². The van der Waals surface area contributed by atoms with Crippen LogP contribution in [0.4, 0.5) is 0 Å². The van der Waals surface area contributed by atoms with E-state index in [1.807, 2.05) is 30.3 Å². The minimum atomic E-state index is -0.566. The van der Waals surface area contributed by atoms with Crippen LogP contribution in [-0.4, -0.2) is 44.0 Å². The largest absolute Gasteiger partial charge is 0.486 e. The van der Waals surface area contributed by atoms with Gasteiger partial charge in [-0.25, -0.2) is 0 Å². The maximum atomic E-state index is 12.2. The fourth-order valence-electron chi connectivity index (χ4n) is 2.60. The van der Waals surface area contributed by atoms with Gasteiger partial charge < -0.3 is 19.5 Å². The van der Waals surface area contributed by atoms with Crippen molar-refractivity contribution in [1.29, 1.82) is 0 Å². The predicted molar refractivity (Wildman–Crippen MR) is 106 cm³/mol. The molecule has 2 aromatic rings. The lowest BCUT2D eigenvalue weighted by molar-refractivity contribution is -0.142. The number of benzene rings is 2. The Labute approximate surface area is 168 Å². The molecule has 0 bridgehead atoms. The van der Waals surface area contributed by atoms with Crippen molar-refractivity contribution in [3.8, 4) is 11.5 Å². The number of carbonyl (C=O) groups is 3. The van der Waals surface area contributed by atoms with Crippen molar-refractivity contribution < 1.29 is 28.6 Å². The van der Waals surface area contributed by atoms with Gasteiger partial charge in [0, 0.05) is 18.2 Å². The molecule has 2 aromatic carbocycles. The maximum Gasteiger partial charge on any atom is 0.308 e. The number of rotatable bonds is 8. The molecule has 3 rings (SSSR count). The number of amides is 1. The molecule has 0 fully saturated rings. The van der Waals surface area contributed by atoms with Crippen LogP contribution in [0.1, 0.15) is 22.3 Å². The molecule has 0 radical (unpaired) electrons. The van der Waals surface area contributed by atoms with Gasteiger partial charge >= 0.3 is 5.97 Å². The molecule has 0 unspecified atom stereocenters. The number of Topliss-reactive ketones (excluding diaryl/α,β-unsaturated/α-hetero) is 1. The fourth-order valence-corrected chi connectivity index (χ4v) is 2.60. The van der Waals surface area contributed by atoms with Crippen LogP contribution in [0.15, 0.2) is 54.6 Å². The Kier molecular flexibility index (Phi) is 7.00. The van der Waals surface area contributed by atoms with E-state index in [-0.39, 0.29) is 31.3 Å². The molecule has 0 aliphatic carbocycles. The Morgan fingerprint density at radius 3 is 2.55 bits per heavy atom. The summed E-state index contributed by atoms with van der Waals surface area (Å²) in [6.45, 7) is 0.637. The van der Waals surface area contributed by atoms with Crippen molar-refractivity contribution in [3.63, 3.8) is 0 Å². The third-order valence-corrected chi connectivity index (χ3v) is 4.08. The Morgan fingerprint density at radius 1 is 1.00 bits per heavy atom. The summed E-state index contributed by atoms with van der Waals surface area (Å²) in [5.41, 5.74) is 1.28. The second kappa shape index (κ2) is 10.1. The summed E-state index contributed by atoms with van der Waals surface area (Å²) < 4.78 is 15.8. The van der Waals surface area contributed by atoms with Gasteiger partial charge in [0.1, 0.15) is 13.2 Å². The molecule has 1 N–H and O–H groups in total. The van der Waals surface area contributed by atoms with Crippen LogP contribution in [0.25, 0.3) is 6.08 Å². The molecule has 1 aliphatic heterocycles. The number of esters is 1. The molecule has 1 aliphatic rings. The molecule has 29 heavy (non-hydrogen) atoms. The van der Waals surface area contributed by atoms with E-state index in [1.165, 1.54) is 6.08 Å². The van der Waals surface area contributed by atoms with E-state index in [9.17, 15) is 14.4 Å². The number of nitrogens with one attached hydrogen (secondary N) is 1. The van der Waals surface area contributed by atoms with Crippen LogP contribution in [0.3, 0.4) is 0 Å². The van der Waals surface area contributed by atoms with E-state index < -0.39 is 5.97 Å². The lowest BCUT2D eigenvalue weighted by Crippen LogP contribution is -2.25. The Balaban J connectivity index is 1.37. The molecular weight excluding hydrogens is 374 g/mol. The zero-order chi connectivity index (χ0) is 20.5. The van der Waals surface area contributed by atoms with Crippen molar-refractivity contribution in [3.05, 3.63) is 65.7 Å². The number of hydrogen-bond donors (Lipinski definition) is 1. The summed E-state index contributed by atoms with van der Waals surface area (Å²) in [5, 5.41) is 2.60. The standard InChI is InChI=1S/C22H21NO6/c24-18(17-7-8-19-20(14-17)28-13-12-27-19)15-29-22(26)10-11-23-21(25)9-6-16-4-2-1-3-5-16/h1-9,14H,10-13,15H2,(H,23,25)/b9-6+. The number of ether oxygens (including phenoxy) is 3. The van der Waals surface area contributed by atoms with Crippen molar-refractivity contribution in [1.82, 2.24) is 5.32 Å². The molecule has 0 saturated heterocycles. The van der Waals surface area contributed by atoms with Gasteiger partial charge in [0.25, 0.3) is 0 Å². The van der Waals surface area contributed by atoms with Gasteiger partial charge in [-0.15, -0.1) is 0 Å². The van der Waals surface area contributed by atoms with E-state index in [0.29, 0.717) is 30.3 Å². The van der Waals surface area contributed by atoms with Gasteiger partial charge in [-0.2, -0.15) is 0 Å². The average Bonchev–Trinajstić information content (AvgIpc) is 2.76. The average molecular weight is 395 g/mol. The first-order valence-corrected chi connectivity index (χ1v) is 9.21. The maximum absolute atomic E-state index is 12.2. The summed E-state index contributed by atoms with van der Waals surface area (Å²) in [7, 11) is 0. The fraction of sp³-hybridized carbons (Fsp3) is 0.227. The second-order valence-corrected chi connectivity index (χ2v) is 6.23. The number of hydrogen-bond acceptors (Lipinski definition) is 6. The molecule has 0 spiro atoms. The lowest BCUT2D eigenvalue weighted by Gasteiger charge is -2.18. The molecule has 0 saturated carbocycles. The zero-order valence-electron chi connectivity index (χ0n) is 15.8. The molecule has 150 valence electrons. The summed E-state index contributed by atoms with van der Waals surface area (Å²) in [6, 6.07) is 14.2. The minimum absolute atomic E-state index is 0.0284. The Hall–Kier alpha value is -3.61. The highest BCUT2D eigenvalue weighted by atomic mass is 16.6. The van der Waals surface area contributed by atoms with Crippen LogP contribution in [0.5, 0.6) is 11.5 Å². The first-order chi connectivity index (χ1) is 14.1. The predicted octanol–water partition coefficient (Wildman–Crippen LogP) is 2.40. The van der Waals surface area contributed by atoms with E-state index in [4.69, 9.17) is 14.2 Å². The normalized spacial score (nSPS) is 12.4. The molecular formula is C22H21NO6. The van der Waals surface area contributed by atoms with Gasteiger partial charge in [-0.05, 0) is 29.8 Å². The van der Waals surface area contributed by atoms with Gasteiger partial charge in [-0.3, -0.25) is 14.4 Å². The highest BCUT2D eigenvalue weighted by Gasteiger charge is 2.16. The number of carbonyl (C=O) groups excluding carboxylic acids is 3. The van der Waals surface area contributed by atoms with Gasteiger partial charge in [0.15, 0.2) is 23.9 Å². The SMILES string of the molecule is O=C(/C=C/c1ccccc1)NCCC(=O)OCC(=O)c1ccc2c(c1)OCCO2. The quantitative estimate of drug-likeness (QED) is 0.419.